The van der Waals surface area contributed by atoms with Crippen molar-refractivity contribution in [2.45, 2.75) is 10.3 Å². The first-order valence-corrected chi connectivity index (χ1v) is 6.72. The fourth-order valence-electron chi connectivity index (χ4n) is 1.37. The molecule has 1 aliphatic rings. The number of thiophene rings is 1. The molecule has 0 saturated heterocycles. The van der Waals surface area contributed by atoms with E-state index in [-0.39, 0.29) is 6.61 Å². The molecule has 2 heterocycles. The highest BCUT2D eigenvalue weighted by molar-refractivity contribution is 7.18. The highest BCUT2D eigenvalue weighted by Crippen LogP contribution is 2.31. The number of hydrogen-bond acceptors (Lipinski definition) is 5. The van der Waals surface area contributed by atoms with Crippen molar-refractivity contribution in [1.82, 2.24) is 5.32 Å². The van der Waals surface area contributed by atoms with Crippen molar-refractivity contribution < 1.29 is 9.53 Å². The lowest BCUT2D eigenvalue weighted by atomic mass is 10.2. The van der Waals surface area contributed by atoms with Crippen molar-refractivity contribution in [2.24, 2.45) is 0 Å². The number of carbonyl (C=O) groups excluding carboxylic acids is 1. The van der Waals surface area contributed by atoms with Crippen LogP contribution in [0.2, 0.25) is 0 Å². The van der Waals surface area contributed by atoms with E-state index in [9.17, 15) is 4.79 Å². The zero-order valence-corrected chi connectivity index (χ0v) is 11.6. The van der Waals surface area contributed by atoms with Crippen LogP contribution < -0.4 is 10.6 Å². The van der Waals surface area contributed by atoms with Gasteiger partial charge in [0.15, 0.2) is 0 Å². The molecular formula is C9H9Cl3N2O2S. The van der Waals surface area contributed by atoms with Gasteiger partial charge in [-0.3, -0.25) is 5.32 Å². The average Bonchev–Trinajstić information content (AvgIpc) is 2.68. The van der Waals surface area contributed by atoms with Crippen LogP contribution in [0.3, 0.4) is 0 Å². The van der Waals surface area contributed by atoms with E-state index in [1.807, 2.05) is 0 Å². The maximum Gasteiger partial charge on any atom is 0.348 e. The predicted molar refractivity (Wildman–Crippen MR) is 70.2 cm³/mol. The van der Waals surface area contributed by atoms with Crippen molar-refractivity contribution in [3.63, 3.8) is 0 Å². The molecule has 2 rings (SSSR count). The van der Waals surface area contributed by atoms with Gasteiger partial charge < -0.3 is 10.1 Å². The van der Waals surface area contributed by atoms with Crippen molar-refractivity contribution in [2.75, 3.05) is 18.6 Å². The predicted octanol–water partition coefficient (Wildman–Crippen LogP) is 2.75. The number of anilines is 1. The largest absolute Gasteiger partial charge is 0.457 e. The first-order valence-electron chi connectivity index (χ1n) is 4.77. The van der Waals surface area contributed by atoms with Gasteiger partial charge in [-0.2, -0.15) is 0 Å². The molecule has 0 saturated carbocycles. The monoisotopic (exact) mass is 314 g/mol. The van der Waals surface area contributed by atoms with E-state index >= 15 is 0 Å². The smallest absolute Gasteiger partial charge is 0.348 e. The Morgan fingerprint density at radius 2 is 2.29 bits per heavy atom. The third kappa shape index (κ3) is 3.63. The number of carbonyl (C=O) groups is 1. The molecule has 0 radical (unpaired) electrons. The summed E-state index contributed by atoms with van der Waals surface area (Å²) in [7, 11) is 0. The minimum atomic E-state index is -1.58. The molecule has 1 aromatic heterocycles. The van der Waals surface area contributed by atoms with E-state index in [1.54, 1.807) is 6.07 Å². The van der Waals surface area contributed by atoms with E-state index in [2.05, 4.69) is 10.6 Å². The van der Waals surface area contributed by atoms with Gasteiger partial charge >= 0.3 is 5.97 Å². The number of alkyl halides is 3. The third-order valence-electron chi connectivity index (χ3n) is 2.07. The molecule has 1 aromatic rings. The summed E-state index contributed by atoms with van der Waals surface area (Å²) in [6.45, 7) is 1.16. The molecule has 94 valence electrons. The highest BCUT2D eigenvalue weighted by Gasteiger charge is 2.24. The lowest BCUT2D eigenvalue weighted by molar-refractivity contribution is 0.0518. The number of ether oxygens (including phenoxy) is 1. The van der Waals surface area contributed by atoms with Gasteiger partial charge in [-0.05, 0) is 6.07 Å². The van der Waals surface area contributed by atoms with E-state index in [1.165, 1.54) is 11.3 Å². The van der Waals surface area contributed by atoms with Crippen LogP contribution in [0, 0.1) is 0 Å². The summed E-state index contributed by atoms with van der Waals surface area (Å²) in [6.07, 6.45) is 0. The van der Waals surface area contributed by atoms with Crippen LogP contribution in [0.1, 0.15) is 15.2 Å². The molecule has 0 aromatic carbocycles. The highest BCUT2D eigenvalue weighted by atomic mass is 35.6. The quantitative estimate of drug-likeness (QED) is 0.651. The van der Waals surface area contributed by atoms with Gasteiger partial charge in [0, 0.05) is 12.1 Å². The summed E-state index contributed by atoms with van der Waals surface area (Å²) >= 11 is 17.8. The molecule has 1 aliphatic heterocycles. The summed E-state index contributed by atoms with van der Waals surface area (Å²) in [5.74, 6) is -0.475. The van der Waals surface area contributed by atoms with Crippen molar-refractivity contribution in [3.8, 4) is 0 Å². The molecule has 0 aliphatic carbocycles. The number of hydrogen-bond donors (Lipinski definition) is 2. The van der Waals surface area contributed by atoms with Gasteiger partial charge in [0.05, 0.1) is 11.7 Å². The van der Waals surface area contributed by atoms with Crippen LogP contribution >= 0.6 is 46.1 Å². The number of halogens is 3. The zero-order valence-electron chi connectivity index (χ0n) is 8.56. The van der Waals surface area contributed by atoms with Crippen LogP contribution in [0.4, 0.5) is 5.00 Å². The van der Waals surface area contributed by atoms with Crippen molar-refractivity contribution in [1.29, 1.82) is 0 Å². The van der Waals surface area contributed by atoms with Crippen LogP contribution in [0.15, 0.2) is 6.07 Å². The van der Waals surface area contributed by atoms with Crippen molar-refractivity contribution in [3.05, 3.63) is 16.5 Å². The summed E-state index contributed by atoms with van der Waals surface area (Å²) in [4.78, 5) is 12.2. The third-order valence-corrected chi connectivity index (χ3v) is 3.51. The standard InChI is InChI=1S/C9H9Cl3N2O2S/c10-9(11,12)3-16-8(15)6-1-5-2-13-4-14-7(5)17-6/h1,13-14H,2-4H2. The molecule has 8 heteroatoms. The summed E-state index contributed by atoms with van der Waals surface area (Å²) in [5.41, 5.74) is 1.04. The normalized spacial score (nSPS) is 15.0. The molecule has 0 unspecified atom stereocenters. The number of rotatable bonds is 2. The van der Waals surface area contributed by atoms with Gasteiger partial charge in [0.2, 0.25) is 3.79 Å². The van der Waals surface area contributed by atoms with Crippen LogP contribution in [-0.2, 0) is 11.3 Å². The van der Waals surface area contributed by atoms with E-state index in [0.717, 1.165) is 17.1 Å². The molecule has 17 heavy (non-hydrogen) atoms. The minimum absolute atomic E-state index is 0.259. The molecule has 0 atom stereocenters. The minimum Gasteiger partial charge on any atom is -0.457 e. The van der Waals surface area contributed by atoms with Gasteiger partial charge in [-0.25, -0.2) is 4.79 Å². The van der Waals surface area contributed by atoms with Gasteiger partial charge in [0.25, 0.3) is 0 Å². The van der Waals surface area contributed by atoms with E-state index in [4.69, 9.17) is 39.5 Å². The maximum atomic E-state index is 11.7. The zero-order chi connectivity index (χ0) is 12.5. The SMILES string of the molecule is O=C(OCC(Cl)(Cl)Cl)c1cc2c(s1)NCNC2. The van der Waals surface area contributed by atoms with Crippen LogP contribution in [0.25, 0.3) is 0 Å². The summed E-state index contributed by atoms with van der Waals surface area (Å²) in [5, 5.41) is 7.24. The van der Waals surface area contributed by atoms with Gasteiger partial charge in [0.1, 0.15) is 11.5 Å². The van der Waals surface area contributed by atoms with E-state index < -0.39 is 9.76 Å². The second-order valence-electron chi connectivity index (χ2n) is 3.44. The Balaban J connectivity index is 2.02. The average molecular weight is 316 g/mol. The van der Waals surface area contributed by atoms with Gasteiger partial charge in [-0.1, -0.05) is 34.8 Å². The Kier molecular flexibility index (Phi) is 4.05. The second kappa shape index (κ2) is 5.20. The number of esters is 1. The summed E-state index contributed by atoms with van der Waals surface area (Å²) < 4.78 is 3.32. The molecular weight excluding hydrogens is 307 g/mol. The fourth-order valence-corrected chi connectivity index (χ4v) is 2.50. The van der Waals surface area contributed by atoms with Crippen molar-refractivity contribution >= 4 is 57.1 Å². The maximum absolute atomic E-state index is 11.7. The summed E-state index contributed by atoms with van der Waals surface area (Å²) in [6, 6.07) is 1.78. The van der Waals surface area contributed by atoms with E-state index in [0.29, 0.717) is 11.5 Å². The number of fused-ring (bicyclic) bond motifs is 1. The van der Waals surface area contributed by atoms with Gasteiger partial charge in [-0.15, -0.1) is 11.3 Å². The van der Waals surface area contributed by atoms with Crippen LogP contribution in [-0.4, -0.2) is 23.0 Å². The molecule has 0 bridgehead atoms. The lowest BCUT2D eigenvalue weighted by Crippen LogP contribution is -2.26. The second-order valence-corrected chi connectivity index (χ2v) is 7.00. The topological polar surface area (TPSA) is 50.4 Å². The Bertz CT molecular complexity index is 407. The first kappa shape index (κ1) is 13.2. The Morgan fingerprint density at radius 1 is 1.53 bits per heavy atom. The molecule has 0 fully saturated rings. The lowest BCUT2D eigenvalue weighted by Gasteiger charge is -2.13. The Labute approximate surface area is 117 Å². The molecule has 0 amide bonds. The Hall–Kier alpha value is -0.200. The number of nitrogens with one attached hydrogen (secondary N) is 2. The first-order chi connectivity index (χ1) is 7.96. The van der Waals surface area contributed by atoms with Crippen LogP contribution in [0.5, 0.6) is 0 Å². The molecule has 0 spiro atoms. The molecule has 2 N–H and O–H groups in total. The Morgan fingerprint density at radius 3 is 2.94 bits per heavy atom. The molecule has 4 nitrogen and oxygen atoms in total. The fraction of sp³-hybridized carbons (Fsp3) is 0.444.